The maximum atomic E-state index is 9.95. The molecule has 0 aromatic carbocycles. The molecule has 0 amide bonds. The fourth-order valence-corrected chi connectivity index (χ4v) is 3.38. The number of β-amino-alcohol motifs (C(OH)–C–C–N with tert-alkyl or cyclic N) is 1. The molecular weight excluding hydrogens is 216 g/mol. The lowest BCUT2D eigenvalue weighted by molar-refractivity contribution is 0.00433. The van der Waals surface area contributed by atoms with Gasteiger partial charge in [0.2, 0.25) is 0 Å². The summed E-state index contributed by atoms with van der Waals surface area (Å²) in [5, 5.41) is 13.4. The van der Waals surface area contributed by atoms with Crippen LogP contribution in [0.1, 0.15) is 20.8 Å². The van der Waals surface area contributed by atoms with Gasteiger partial charge in [-0.05, 0) is 39.2 Å². The molecule has 0 spiro atoms. The van der Waals surface area contributed by atoms with Gasteiger partial charge in [-0.15, -0.1) is 0 Å². The Balaban J connectivity index is 1.89. The van der Waals surface area contributed by atoms with E-state index in [-0.39, 0.29) is 11.6 Å². The molecule has 0 aromatic rings. The largest absolute Gasteiger partial charge is 0.389 e. The molecule has 2 heterocycles. The highest BCUT2D eigenvalue weighted by Crippen LogP contribution is 2.40. The Morgan fingerprint density at radius 3 is 2.88 bits per heavy atom. The Bertz CT molecular complexity index is 258. The highest BCUT2D eigenvalue weighted by molar-refractivity contribution is 5.04. The maximum absolute atomic E-state index is 9.95. The van der Waals surface area contributed by atoms with Crippen LogP contribution >= 0.6 is 0 Å². The van der Waals surface area contributed by atoms with Crippen molar-refractivity contribution in [3.63, 3.8) is 0 Å². The summed E-state index contributed by atoms with van der Waals surface area (Å²) < 4.78 is 5.28. The zero-order valence-electron chi connectivity index (χ0n) is 11.3. The third-order valence-electron chi connectivity index (χ3n) is 4.46. The fourth-order valence-electron chi connectivity index (χ4n) is 3.38. The molecule has 0 saturated carbocycles. The Morgan fingerprint density at radius 2 is 2.24 bits per heavy atom. The van der Waals surface area contributed by atoms with Crippen molar-refractivity contribution in [2.75, 3.05) is 39.4 Å². The molecule has 3 atom stereocenters. The van der Waals surface area contributed by atoms with E-state index in [9.17, 15) is 5.11 Å². The highest BCUT2D eigenvalue weighted by Gasteiger charge is 2.49. The number of nitrogens with zero attached hydrogens (tertiary/aromatic N) is 1. The summed E-state index contributed by atoms with van der Waals surface area (Å²) in [7, 11) is 0. The maximum Gasteiger partial charge on any atom is 0.0900 e. The van der Waals surface area contributed by atoms with Crippen molar-refractivity contribution in [2.45, 2.75) is 32.4 Å². The smallest absolute Gasteiger partial charge is 0.0900 e. The van der Waals surface area contributed by atoms with E-state index in [1.54, 1.807) is 0 Å². The van der Waals surface area contributed by atoms with Crippen LogP contribution in [0.15, 0.2) is 0 Å². The van der Waals surface area contributed by atoms with E-state index in [1.807, 2.05) is 6.92 Å². The van der Waals surface area contributed by atoms with Gasteiger partial charge >= 0.3 is 0 Å². The molecule has 2 N–H and O–H groups in total. The highest BCUT2D eigenvalue weighted by atomic mass is 16.5. The van der Waals surface area contributed by atoms with Crippen molar-refractivity contribution in [3.05, 3.63) is 0 Å². The van der Waals surface area contributed by atoms with Gasteiger partial charge in [-0.1, -0.05) is 0 Å². The Hall–Kier alpha value is -0.160. The average molecular weight is 242 g/mol. The summed E-state index contributed by atoms with van der Waals surface area (Å²) in [6.45, 7) is 11.8. The second-order valence-electron chi connectivity index (χ2n) is 5.90. The number of hydrogen-bond acceptors (Lipinski definition) is 4. The zero-order chi connectivity index (χ0) is 12.5. The van der Waals surface area contributed by atoms with Crippen molar-refractivity contribution in [2.24, 2.45) is 11.8 Å². The van der Waals surface area contributed by atoms with E-state index in [1.165, 1.54) is 0 Å². The third-order valence-corrected chi connectivity index (χ3v) is 4.46. The topological polar surface area (TPSA) is 44.7 Å². The molecule has 0 aromatic heterocycles. The van der Waals surface area contributed by atoms with Crippen LogP contribution in [0.5, 0.6) is 0 Å². The molecule has 2 aliphatic rings. The predicted molar refractivity (Wildman–Crippen MR) is 68.0 cm³/mol. The Kier molecular flexibility index (Phi) is 4.08. The first-order valence-electron chi connectivity index (χ1n) is 6.77. The lowest BCUT2D eigenvalue weighted by Crippen LogP contribution is -2.48. The quantitative estimate of drug-likeness (QED) is 0.728. The third kappa shape index (κ3) is 2.65. The number of fused-ring (bicyclic) bond motifs is 1. The molecule has 100 valence electrons. The van der Waals surface area contributed by atoms with Crippen molar-refractivity contribution < 1.29 is 9.84 Å². The van der Waals surface area contributed by atoms with E-state index in [0.717, 1.165) is 38.0 Å². The molecule has 2 aliphatic heterocycles. The van der Waals surface area contributed by atoms with Crippen LogP contribution in [-0.4, -0.2) is 61.0 Å². The van der Waals surface area contributed by atoms with Gasteiger partial charge in [0.05, 0.1) is 12.7 Å². The molecule has 2 rings (SSSR count). The van der Waals surface area contributed by atoms with Crippen LogP contribution in [0.4, 0.5) is 0 Å². The van der Waals surface area contributed by atoms with Crippen molar-refractivity contribution in [1.82, 2.24) is 10.2 Å². The van der Waals surface area contributed by atoms with Gasteiger partial charge in [0.1, 0.15) is 0 Å². The number of ether oxygens (including phenoxy) is 1. The van der Waals surface area contributed by atoms with Crippen LogP contribution < -0.4 is 5.32 Å². The standard InChI is InChI=1S/C13H26N2O2/c1-4-17-9-11(16)8-15-7-10-5-14-6-12(10)13(15,2)3/h10-12,14,16H,4-9H2,1-3H3. The van der Waals surface area contributed by atoms with Crippen molar-refractivity contribution >= 4 is 0 Å². The number of hydrogen-bond donors (Lipinski definition) is 2. The van der Waals surface area contributed by atoms with Crippen LogP contribution in [0.3, 0.4) is 0 Å². The van der Waals surface area contributed by atoms with Gasteiger partial charge < -0.3 is 15.2 Å². The normalized spacial score (nSPS) is 33.9. The lowest BCUT2D eigenvalue weighted by atomic mass is 9.85. The van der Waals surface area contributed by atoms with Gasteiger partial charge in [-0.3, -0.25) is 4.90 Å². The van der Waals surface area contributed by atoms with Crippen molar-refractivity contribution in [1.29, 1.82) is 0 Å². The summed E-state index contributed by atoms with van der Waals surface area (Å²) >= 11 is 0. The molecule has 4 heteroatoms. The average Bonchev–Trinajstić information content (AvgIpc) is 2.81. The molecule has 3 unspecified atom stereocenters. The van der Waals surface area contributed by atoms with E-state index in [4.69, 9.17) is 4.74 Å². The van der Waals surface area contributed by atoms with Crippen LogP contribution in [0.25, 0.3) is 0 Å². The van der Waals surface area contributed by atoms with Crippen molar-refractivity contribution in [3.8, 4) is 0 Å². The first-order chi connectivity index (χ1) is 8.05. The Morgan fingerprint density at radius 1 is 1.47 bits per heavy atom. The molecule has 2 fully saturated rings. The molecule has 0 aliphatic carbocycles. The molecular formula is C13H26N2O2. The van der Waals surface area contributed by atoms with Crippen LogP contribution in [-0.2, 0) is 4.74 Å². The van der Waals surface area contributed by atoms with Gasteiger partial charge in [0.15, 0.2) is 0 Å². The summed E-state index contributed by atoms with van der Waals surface area (Å²) in [5.74, 6) is 1.48. The fraction of sp³-hybridized carbons (Fsp3) is 1.00. The van der Waals surface area contributed by atoms with E-state index in [2.05, 4.69) is 24.1 Å². The minimum atomic E-state index is -0.360. The molecule has 4 nitrogen and oxygen atoms in total. The predicted octanol–water partition coefficient (Wildman–Crippen LogP) is 0.314. The number of rotatable bonds is 5. The molecule has 0 radical (unpaired) electrons. The number of aliphatic hydroxyl groups excluding tert-OH is 1. The van der Waals surface area contributed by atoms with Gasteiger partial charge in [-0.25, -0.2) is 0 Å². The minimum absolute atomic E-state index is 0.196. The number of nitrogens with one attached hydrogen (secondary N) is 1. The van der Waals surface area contributed by atoms with Gasteiger partial charge in [0, 0.05) is 31.8 Å². The minimum Gasteiger partial charge on any atom is -0.389 e. The summed E-state index contributed by atoms with van der Waals surface area (Å²) in [4.78, 5) is 2.44. The van der Waals surface area contributed by atoms with Gasteiger partial charge in [-0.2, -0.15) is 0 Å². The van der Waals surface area contributed by atoms with E-state index in [0.29, 0.717) is 13.2 Å². The number of aliphatic hydroxyl groups is 1. The second-order valence-corrected chi connectivity index (χ2v) is 5.90. The van der Waals surface area contributed by atoms with E-state index >= 15 is 0 Å². The summed E-state index contributed by atoms with van der Waals surface area (Å²) in [5.41, 5.74) is 0.196. The molecule has 2 saturated heterocycles. The first-order valence-corrected chi connectivity index (χ1v) is 6.77. The molecule has 0 bridgehead atoms. The van der Waals surface area contributed by atoms with Crippen LogP contribution in [0.2, 0.25) is 0 Å². The van der Waals surface area contributed by atoms with E-state index < -0.39 is 0 Å². The Labute approximate surface area is 104 Å². The van der Waals surface area contributed by atoms with Crippen LogP contribution in [0, 0.1) is 11.8 Å². The zero-order valence-corrected chi connectivity index (χ0v) is 11.3. The lowest BCUT2D eigenvalue weighted by Gasteiger charge is -2.36. The number of likely N-dealkylation sites (tertiary alicyclic amines) is 1. The first kappa shape index (κ1) is 13.3. The monoisotopic (exact) mass is 242 g/mol. The summed E-state index contributed by atoms with van der Waals surface area (Å²) in [6, 6.07) is 0. The molecule has 17 heavy (non-hydrogen) atoms. The second kappa shape index (κ2) is 5.22. The van der Waals surface area contributed by atoms with Gasteiger partial charge in [0.25, 0.3) is 0 Å². The SMILES string of the molecule is CCOCC(O)CN1CC2CNCC2C1(C)C. The summed E-state index contributed by atoms with van der Waals surface area (Å²) in [6.07, 6.45) is -0.360.